The van der Waals surface area contributed by atoms with Crippen LogP contribution in [0.1, 0.15) is 27.2 Å². The van der Waals surface area contributed by atoms with Crippen LogP contribution in [0.25, 0.3) is 0 Å². The third-order valence-electron chi connectivity index (χ3n) is 1.65. The third kappa shape index (κ3) is 7.93. The van der Waals surface area contributed by atoms with E-state index in [9.17, 15) is 14.4 Å². The van der Waals surface area contributed by atoms with E-state index in [1.807, 2.05) is 0 Å². The van der Waals surface area contributed by atoms with Crippen LogP contribution in [0.4, 0.5) is 0 Å². The zero-order chi connectivity index (χ0) is 12.6. The molecular weight excluding hydrogens is 214 g/mol. The first-order valence-electron chi connectivity index (χ1n) is 4.97. The minimum absolute atomic E-state index is 0.0187. The van der Waals surface area contributed by atoms with Gasteiger partial charge in [0.1, 0.15) is 19.0 Å². The lowest BCUT2D eigenvalue weighted by Crippen LogP contribution is -2.32. The number of hydroxylamine groups is 2. The average molecular weight is 231 g/mol. The van der Waals surface area contributed by atoms with Crippen molar-refractivity contribution in [2.45, 2.75) is 27.2 Å². The molecule has 0 fully saturated rings. The van der Waals surface area contributed by atoms with Gasteiger partial charge in [0.2, 0.25) is 5.91 Å². The van der Waals surface area contributed by atoms with Crippen molar-refractivity contribution in [1.29, 1.82) is 0 Å². The Bertz CT molecular complexity index is 264. The van der Waals surface area contributed by atoms with Crippen LogP contribution in [0.15, 0.2) is 0 Å². The van der Waals surface area contributed by atoms with E-state index >= 15 is 0 Å². The topological polar surface area (TPSA) is 72.9 Å². The van der Waals surface area contributed by atoms with E-state index in [-0.39, 0.29) is 37.9 Å². The molecule has 0 bridgehead atoms. The van der Waals surface area contributed by atoms with E-state index < -0.39 is 5.97 Å². The van der Waals surface area contributed by atoms with Crippen LogP contribution >= 0.6 is 0 Å². The van der Waals surface area contributed by atoms with Gasteiger partial charge < -0.3 is 4.74 Å². The largest absolute Gasteiger partial charge is 0.463 e. The maximum atomic E-state index is 11.1. The SMILES string of the molecule is CC(=O)CCN(OCCOC(C)=O)C(C)=O. The molecule has 0 rings (SSSR count). The van der Waals surface area contributed by atoms with Gasteiger partial charge in [-0.1, -0.05) is 0 Å². The number of esters is 1. The third-order valence-corrected chi connectivity index (χ3v) is 1.65. The van der Waals surface area contributed by atoms with Gasteiger partial charge in [-0.25, -0.2) is 5.06 Å². The standard InChI is InChI=1S/C10H17NO5/c1-8(12)4-5-11(9(2)13)16-7-6-15-10(3)14/h4-7H2,1-3H3. The highest BCUT2D eigenvalue weighted by atomic mass is 16.7. The first-order chi connectivity index (χ1) is 7.43. The highest BCUT2D eigenvalue weighted by Gasteiger charge is 2.10. The maximum absolute atomic E-state index is 11.1. The first kappa shape index (κ1) is 14.6. The van der Waals surface area contributed by atoms with Crippen molar-refractivity contribution in [2.75, 3.05) is 19.8 Å². The molecule has 0 heterocycles. The number of hydrogen-bond donors (Lipinski definition) is 0. The minimum Gasteiger partial charge on any atom is -0.463 e. The Labute approximate surface area is 94.4 Å². The van der Waals surface area contributed by atoms with Crippen LogP contribution in [0.2, 0.25) is 0 Å². The van der Waals surface area contributed by atoms with Crippen molar-refractivity contribution in [3.05, 3.63) is 0 Å². The molecule has 0 aromatic rings. The number of ketones is 1. The molecule has 16 heavy (non-hydrogen) atoms. The van der Waals surface area contributed by atoms with Gasteiger partial charge >= 0.3 is 5.97 Å². The average Bonchev–Trinajstić information content (AvgIpc) is 2.15. The highest BCUT2D eigenvalue weighted by Crippen LogP contribution is 1.95. The maximum Gasteiger partial charge on any atom is 0.302 e. The second-order valence-corrected chi connectivity index (χ2v) is 3.25. The number of Topliss-reactive ketones (excluding diaryl/α,β-unsaturated/α-hetero) is 1. The van der Waals surface area contributed by atoms with E-state index in [4.69, 9.17) is 4.84 Å². The summed E-state index contributed by atoms with van der Waals surface area (Å²) in [6.45, 7) is 4.46. The molecule has 0 spiro atoms. The monoisotopic (exact) mass is 231 g/mol. The fourth-order valence-electron chi connectivity index (χ4n) is 0.905. The van der Waals surface area contributed by atoms with Gasteiger partial charge in [0, 0.05) is 20.3 Å². The first-order valence-corrected chi connectivity index (χ1v) is 4.97. The number of ether oxygens (including phenoxy) is 1. The van der Waals surface area contributed by atoms with E-state index in [0.29, 0.717) is 0 Å². The quantitative estimate of drug-likeness (QED) is 0.358. The molecule has 0 N–H and O–H groups in total. The van der Waals surface area contributed by atoms with Crippen molar-refractivity contribution in [3.63, 3.8) is 0 Å². The molecule has 6 nitrogen and oxygen atoms in total. The molecule has 0 unspecified atom stereocenters. The predicted molar refractivity (Wildman–Crippen MR) is 55.3 cm³/mol. The van der Waals surface area contributed by atoms with Gasteiger partial charge in [0.15, 0.2) is 0 Å². The Morgan fingerprint density at radius 1 is 1.06 bits per heavy atom. The normalized spacial score (nSPS) is 9.69. The summed E-state index contributed by atoms with van der Waals surface area (Å²) in [6.07, 6.45) is 0.243. The van der Waals surface area contributed by atoms with Gasteiger partial charge in [0.05, 0.1) is 6.54 Å². The molecule has 0 atom stereocenters. The lowest BCUT2D eigenvalue weighted by molar-refractivity contribution is -0.189. The molecule has 0 aliphatic carbocycles. The fourth-order valence-corrected chi connectivity index (χ4v) is 0.905. The number of hydrogen-bond acceptors (Lipinski definition) is 5. The summed E-state index contributed by atoms with van der Waals surface area (Å²) in [7, 11) is 0. The summed E-state index contributed by atoms with van der Waals surface area (Å²) in [5.41, 5.74) is 0. The highest BCUT2D eigenvalue weighted by molar-refractivity contribution is 5.77. The molecule has 0 aliphatic heterocycles. The van der Waals surface area contributed by atoms with Crippen LogP contribution in [0.3, 0.4) is 0 Å². The summed E-state index contributed by atoms with van der Waals surface area (Å²) < 4.78 is 4.63. The molecule has 0 radical (unpaired) electrons. The van der Waals surface area contributed by atoms with Crippen LogP contribution in [-0.2, 0) is 24.0 Å². The van der Waals surface area contributed by atoms with Crippen LogP contribution in [-0.4, -0.2) is 42.5 Å². The predicted octanol–water partition coefficient (Wildman–Crippen LogP) is 0.309. The summed E-state index contributed by atoms with van der Waals surface area (Å²) in [6, 6.07) is 0. The van der Waals surface area contributed by atoms with Gasteiger partial charge in [0.25, 0.3) is 0 Å². The van der Waals surface area contributed by atoms with E-state index in [1.54, 1.807) is 0 Å². The lowest BCUT2D eigenvalue weighted by Gasteiger charge is -2.19. The van der Waals surface area contributed by atoms with Gasteiger partial charge in [-0.2, -0.15) is 0 Å². The molecule has 0 aromatic carbocycles. The lowest BCUT2D eigenvalue weighted by atomic mass is 10.3. The molecular formula is C10H17NO5. The van der Waals surface area contributed by atoms with Crippen molar-refractivity contribution >= 4 is 17.7 Å². The minimum atomic E-state index is -0.401. The zero-order valence-electron chi connectivity index (χ0n) is 9.82. The second kappa shape index (κ2) is 7.81. The molecule has 0 aliphatic rings. The molecule has 0 saturated carbocycles. The van der Waals surface area contributed by atoms with Crippen molar-refractivity contribution in [2.24, 2.45) is 0 Å². The van der Waals surface area contributed by atoms with Crippen molar-refractivity contribution in [1.82, 2.24) is 5.06 Å². The van der Waals surface area contributed by atoms with Gasteiger partial charge in [-0.05, 0) is 6.92 Å². The van der Waals surface area contributed by atoms with Crippen molar-refractivity contribution < 1.29 is 24.0 Å². The summed E-state index contributed by atoms with van der Waals surface area (Å²) in [5, 5.41) is 1.09. The Hall–Kier alpha value is -1.43. The number of amides is 1. The summed E-state index contributed by atoms with van der Waals surface area (Å²) in [5.74, 6) is -0.708. The second-order valence-electron chi connectivity index (χ2n) is 3.25. The molecule has 92 valence electrons. The van der Waals surface area contributed by atoms with Gasteiger partial charge in [-0.3, -0.25) is 19.2 Å². The van der Waals surface area contributed by atoms with E-state index in [0.717, 1.165) is 5.06 Å². The molecule has 1 amide bonds. The number of carbonyl (C=O) groups is 3. The summed E-state index contributed by atoms with van der Waals surface area (Å²) in [4.78, 5) is 37.3. The smallest absolute Gasteiger partial charge is 0.302 e. The number of carbonyl (C=O) groups excluding carboxylic acids is 3. The fraction of sp³-hybridized carbons (Fsp3) is 0.700. The van der Waals surface area contributed by atoms with Crippen LogP contribution in [0, 0.1) is 0 Å². The summed E-state index contributed by atoms with van der Waals surface area (Å²) >= 11 is 0. The van der Waals surface area contributed by atoms with Gasteiger partial charge in [-0.15, -0.1) is 0 Å². The van der Waals surface area contributed by atoms with Crippen LogP contribution < -0.4 is 0 Å². The molecule has 6 heteroatoms. The van der Waals surface area contributed by atoms with E-state index in [2.05, 4.69) is 4.74 Å². The Morgan fingerprint density at radius 2 is 1.69 bits per heavy atom. The van der Waals surface area contributed by atoms with Crippen LogP contribution in [0.5, 0.6) is 0 Å². The Morgan fingerprint density at radius 3 is 2.12 bits per heavy atom. The number of rotatable bonds is 7. The Balaban J connectivity index is 3.81. The number of nitrogens with zero attached hydrogens (tertiary/aromatic N) is 1. The van der Waals surface area contributed by atoms with E-state index in [1.165, 1.54) is 20.8 Å². The zero-order valence-corrected chi connectivity index (χ0v) is 9.82. The molecule has 0 saturated heterocycles. The van der Waals surface area contributed by atoms with Crippen molar-refractivity contribution in [3.8, 4) is 0 Å². The Kier molecular flexibility index (Phi) is 7.11. The molecule has 0 aromatic heterocycles.